The van der Waals surface area contributed by atoms with Gasteiger partial charge in [-0.15, -0.1) is 5.10 Å². The summed E-state index contributed by atoms with van der Waals surface area (Å²) >= 11 is 0. The smallest absolute Gasteiger partial charge is 0.119 e. The lowest BCUT2D eigenvalue weighted by molar-refractivity contribution is 0.340. The summed E-state index contributed by atoms with van der Waals surface area (Å²) in [7, 11) is 1.88. The van der Waals surface area contributed by atoms with Gasteiger partial charge in [-0.05, 0) is 38.2 Å². The van der Waals surface area contributed by atoms with Crippen molar-refractivity contribution >= 4 is 0 Å². The number of ether oxygens (including phenoxy) is 1. The van der Waals surface area contributed by atoms with Crippen LogP contribution in [-0.2, 0) is 6.54 Å². The van der Waals surface area contributed by atoms with Crippen molar-refractivity contribution < 1.29 is 4.74 Å². The Morgan fingerprint density at radius 2 is 2.06 bits per heavy atom. The van der Waals surface area contributed by atoms with Gasteiger partial charge < -0.3 is 10.1 Å². The molecule has 0 bridgehead atoms. The molecule has 0 unspecified atom stereocenters. The number of rotatable bonds is 5. The van der Waals surface area contributed by atoms with E-state index in [4.69, 9.17) is 4.74 Å². The number of nitrogens with zero attached hydrogens (tertiary/aromatic N) is 3. The molecule has 1 aromatic heterocycles. The van der Waals surface area contributed by atoms with E-state index in [1.807, 2.05) is 44.4 Å². The molecule has 0 amide bonds. The molecule has 0 atom stereocenters. The Morgan fingerprint density at radius 3 is 2.71 bits per heavy atom. The minimum atomic E-state index is 0.676. The highest BCUT2D eigenvalue weighted by molar-refractivity contribution is 5.36. The maximum Gasteiger partial charge on any atom is 0.119 e. The van der Waals surface area contributed by atoms with E-state index in [-0.39, 0.29) is 0 Å². The molecule has 2 aromatic rings. The predicted octanol–water partition coefficient (Wildman–Crippen LogP) is 1.39. The van der Waals surface area contributed by atoms with Gasteiger partial charge in [-0.2, -0.15) is 0 Å². The van der Waals surface area contributed by atoms with Crippen molar-refractivity contribution in [3.8, 4) is 11.4 Å². The van der Waals surface area contributed by atoms with E-state index in [0.29, 0.717) is 6.61 Å². The van der Waals surface area contributed by atoms with Crippen molar-refractivity contribution in [1.29, 1.82) is 0 Å². The highest BCUT2D eigenvalue weighted by Gasteiger charge is 2.02. The molecule has 0 radical (unpaired) electrons. The summed E-state index contributed by atoms with van der Waals surface area (Å²) in [6, 6.07) is 7.78. The molecular formula is C12H16N4O. The third-order valence-corrected chi connectivity index (χ3v) is 2.31. The summed E-state index contributed by atoms with van der Waals surface area (Å²) in [5.74, 6) is 0.867. The molecule has 0 aliphatic carbocycles. The van der Waals surface area contributed by atoms with Gasteiger partial charge >= 0.3 is 0 Å². The van der Waals surface area contributed by atoms with Crippen molar-refractivity contribution in [2.45, 2.75) is 13.5 Å². The average Bonchev–Trinajstić information content (AvgIpc) is 2.80. The van der Waals surface area contributed by atoms with Gasteiger partial charge in [0, 0.05) is 6.54 Å². The van der Waals surface area contributed by atoms with Crippen molar-refractivity contribution in [1.82, 2.24) is 20.3 Å². The first-order valence-corrected chi connectivity index (χ1v) is 5.62. The van der Waals surface area contributed by atoms with E-state index in [1.54, 1.807) is 4.68 Å². The summed E-state index contributed by atoms with van der Waals surface area (Å²) in [6.45, 7) is 3.36. The Labute approximate surface area is 100 Å². The quantitative estimate of drug-likeness (QED) is 0.846. The molecule has 17 heavy (non-hydrogen) atoms. The zero-order valence-electron chi connectivity index (χ0n) is 10.1. The average molecular weight is 232 g/mol. The summed E-state index contributed by atoms with van der Waals surface area (Å²) in [5, 5.41) is 11.2. The fourth-order valence-electron chi connectivity index (χ4n) is 1.55. The first-order valence-electron chi connectivity index (χ1n) is 5.62. The van der Waals surface area contributed by atoms with Crippen LogP contribution >= 0.6 is 0 Å². The molecule has 0 saturated heterocycles. The molecule has 1 aromatic carbocycles. The van der Waals surface area contributed by atoms with Crippen LogP contribution in [-0.4, -0.2) is 28.6 Å². The molecule has 1 N–H and O–H groups in total. The number of aromatic nitrogens is 3. The lowest BCUT2D eigenvalue weighted by atomic mass is 10.3. The van der Waals surface area contributed by atoms with Crippen molar-refractivity contribution in [3.63, 3.8) is 0 Å². The van der Waals surface area contributed by atoms with Gasteiger partial charge in [-0.25, -0.2) is 4.68 Å². The lowest BCUT2D eigenvalue weighted by Gasteiger charge is -2.04. The second-order valence-corrected chi connectivity index (χ2v) is 3.61. The van der Waals surface area contributed by atoms with Gasteiger partial charge in [-0.1, -0.05) is 5.21 Å². The van der Waals surface area contributed by atoms with Gasteiger partial charge in [0.2, 0.25) is 0 Å². The Kier molecular flexibility index (Phi) is 3.72. The van der Waals surface area contributed by atoms with Gasteiger partial charge in [-0.3, -0.25) is 0 Å². The maximum absolute atomic E-state index is 5.39. The molecule has 2 rings (SSSR count). The fraction of sp³-hybridized carbons (Fsp3) is 0.333. The Bertz CT molecular complexity index is 464. The molecule has 0 fully saturated rings. The monoisotopic (exact) mass is 232 g/mol. The summed E-state index contributed by atoms with van der Waals surface area (Å²) in [5.41, 5.74) is 1.89. The highest BCUT2D eigenvalue weighted by Crippen LogP contribution is 2.14. The van der Waals surface area contributed by atoms with Crippen LogP contribution in [0.25, 0.3) is 5.69 Å². The third kappa shape index (κ3) is 2.82. The molecule has 5 nitrogen and oxygen atoms in total. The van der Waals surface area contributed by atoms with Crippen LogP contribution in [0.3, 0.4) is 0 Å². The van der Waals surface area contributed by atoms with Crippen LogP contribution < -0.4 is 10.1 Å². The molecule has 5 heteroatoms. The van der Waals surface area contributed by atoms with E-state index in [9.17, 15) is 0 Å². The Hall–Kier alpha value is -1.88. The minimum absolute atomic E-state index is 0.676. The van der Waals surface area contributed by atoms with E-state index in [0.717, 1.165) is 23.7 Å². The standard InChI is InChI=1S/C12H16N4O/c1-3-17-12-6-4-11(5-7-12)16-9-10(8-13-2)14-15-16/h4-7,9,13H,3,8H2,1-2H3. The van der Waals surface area contributed by atoms with E-state index in [1.165, 1.54) is 0 Å². The fourth-order valence-corrected chi connectivity index (χ4v) is 1.55. The van der Waals surface area contributed by atoms with E-state index < -0.39 is 0 Å². The Morgan fingerprint density at radius 1 is 1.29 bits per heavy atom. The first kappa shape index (κ1) is 11.6. The van der Waals surface area contributed by atoms with Crippen molar-refractivity contribution in [2.24, 2.45) is 0 Å². The minimum Gasteiger partial charge on any atom is -0.494 e. The van der Waals surface area contributed by atoms with Crippen LogP contribution in [0.2, 0.25) is 0 Å². The van der Waals surface area contributed by atoms with Gasteiger partial charge in [0.1, 0.15) is 5.75 Å². The molecule has 0 spiro atoms. The van der Waals surface area contributed by atoms with Crippen molar-refractivity contribution in [2.75, 3.05) is 13.7 Å². The van der Waals surface area contributed by atoms with E-state index in [2.05, 4.69) is 15.6 Å². The molecule has 0 aliphatic rings. The number of nitrogens with one attached hydrogen (secondary N) is 1. The molecule has 0 saturated carbocycles. The van der Waals surface area contributed by atoms with Crippen LogP contribution in [0, 0.1) is 0 Å². The maximum atomic E-state index is 5.39. The van der Waals surface area contributed by atoms with Crippen LogP contribution in [0.4, 0.5) is 0 Å². The largest absolute Gasteiger partial charge is 0.494 e. The zero-order valence-corrected chi connectivity index (χ0v) is 10.1. The van der Waals surface area contributed by atoms with Gasteiger partial charge in [0.15, 0.2) is 0 Å². The van der Waals surface area contributed by atoms with Crippen LogP contribution in [0.5, 0.6) is 5.75 Å². The van der Waals surface area contributed by atoms with E-state index >= 15 is 0 Å². The van der Waals surface area contributed by atoms with Gasteiger partial charge in [0.05, 0.1) is 24.2 Å². The van der Waals surface area contributed by atoms with Crippen LogP contribution in [0.1, 0.15) is 12.6 Å². The number of hydrogen-bond donors (Lipinski definition) is 1. The molecular weight excluding hydrogens is 216 g/mol. The third-order valence-electron chi connectivity index (χ3n) is 2.31. The first-order chi connectivity index (χ1) is 8.33. The Balaban J connectivity index is 2.15. The summed E-state index contributed by atoms with van der Waals surface area (Å²) in [4.78, 5) is 0. The predicted molar refractivity (Wildman–Crippen MR) is 65.3 cm³/mol. The lowest BCUT2D eigenvalue weighted by Crippen LogP contribution is -2.04. The normalized spacial score (nSPS) is 10.5. The molecule has 1 heterocycles. The van der Waals surface area contributed by atoms with Crippen molar-refractivity contribution in [3.05, 3.63) is 36.2 Å². The summed E-state index contributed by atoms with van der Waals surface area (Å²) in [6.07, 6.45) is 1.91. The summed E-state index contributed by atoms with van der Waals surface area (Å²) < 4.78 is 7.14. The zero-order chi connectivity index (χ0) is 12.1. The number of hydrogen-bond acceptors (Lipinski definition) is 4. The van der Waals surface area contributed by atoms with Gasteiger partial charge in [0.25, 0.3) is 0 Å². The highest BCUT2D eigenvalue weighted by atomic mass is 16.5. The molecule has 0 aliphatic heterocycles. The molecule has 90 valence electrons. The number of benzene rings is 1. The topological polar surface area (TPSA) is 52.0 Å². The second-order valence-electron chi connectivity index (χ2n) is 3.61. The van der Waals surface area contributed by atoms with Crippen LogP contribution in [0.15, 0.2) is 30.5 Å². The second kappa shape index (κ2) is 5.45. The SMILES string of the molecule is CCOc1ccc(-n2cc(CNC)nn2)cc1.